The number of nitrogens with zero attached hydrogens (tertiary/aromatic N) is 2. The van der Waals surface area contributed by atoms with Crippen LogP contribution in [0.4, 0.5) is 0 Å². The predicted molar refractivity (Wildman–Crippen MR) is 68.0 cm³/mol. The lowest BCUT2D eigenvalue weighted by molar-refractivity contribution is 0.0782. The Balaban J connectivity index is 2.16. The van der Waals surface area contributed by atoms with E-state index in [1.807, 2.05) is 23.1 Å². The Hall–Kier alpha value is -1.38. The molecule has 1 atom stereocenters. The zero-order valence-electron chi connectivity index (χ0n) is 10.8. The lowest BCUT2D eigenvalue weighted by Crippen LogP contribution is -2.29. The number of pyridine rings is 1. The number of carbonyl (C=O) groups is 1. The summed E-state index contributed by atoms with van der Waals surface area (Å²) >= 11 is 0. The van der Waals surface area contributed by atoms with Gasteiger partial charge in [-0.2, -0.15) is 0 Å². The summed E-state index contributed by atoms with van der Waals surface area (Å²) in [5.74, 6) is 1.06. The van der Waals surface area contributed by atoms with Gasteiger partial charge in [0.15, 0.2) is 0 Å². The molecule has 0 aromatic carbocycles. The number of likely N-dealkylation sites (tertiary alicyclic amines) is 1. The van der Waals surface area contributed by atoms with Gasteiger partial charge in [0.2, 0.25) is 0 Å². The molecule has 1 fully saturated rings. The quantitative estimate of drug-likeness (QED) is 0.785. The summed E-state index contributed by atoms with van der Waals surface area (Å²) in [4.78, 5) is 18.6. The molecule has 1 unspecified atom stereocenters. The number of carbonyl (C=O) groups excluding carboxylic acids is 1. The smallest absolute Gasteiger partial charge is 0.272 e. The highest BCUT2D eigenvalue weighted by molar-refractivity contribution is 5.92. The first-order chi connectivity index (χ1) is 8.08. The standard InChI is InChI=1S/C14H20N2O/c1-10(2)12-5-4-6-13(15-12)14(17)16-8-7-11(3)9-16/h4-6,10-11H,7-9H2,1-3H3. The third kappa shape index (κ3) is 2.65. The number of rotatable bonds is 2. The van der Waals surface area contributed by atoms with Crippen LogP contribution in [-0.4, -0.2) is 28.9 Å². The van der Waals surface area contributed by atoms with Crippen molar-refractivity contribution in [2.45, 2.75) is 33.1 Å². The van der Waals surface area contributed by atoms with Crippen molar-refractivity contribution in [1.82, 2.24) is 9.88 Å². The highest BCUT2D eigenvalue weighted by atomic mass is 16.2. The van der Waals surface area contributed by atoms with E-state index in [0.717, 1.165) is 25.2 Å². The molecule has 1 saturated heterocycles. The summed E-state index contributed by atoms with van der Waals surface area (Å²) in [5.41, 5.74) is 1.58. The fourth-order valence-corrected chi connectivity index (χ4v) is 2.17. The Bertz CT molecular complexity index is 414. The first-order valence-electron chi connectivity index (χ1n) is 6.34. The Morgan fingerprint density at radius 3 is 2.82 bits per heavy atom. The minimum absolute atomic E-state index is 0.0804. The molecule has 2 rings (SSSR count). The van der Waals surface area contributed by atoms with Crippen LogP contribution < -0.4 is 0 Å². The van der Waals surface area contributed by atoms with E-state index in [1.54, 1.807) is 0 Å². The fourth-order valence-electron chi connectivity index (χ4n) is 2.17. The minimum atomic E-state index is 0.0804. The molecule has 1 aliphatic rings. The summed E-state index contributed by atoms with van der Waals surface area (Å²) in [7, 11) is 0. The lowest BCUT2D eigenvalue weighted by Gasteiger charge is -2.16. The summed E-state index contributed by atoms with van der Waals surface area (Å²) in [6.45, 7) is 8.11. The minimum Gasteiger partial charge on any atom is -0.337 e. The Morgan fingerprint density at radius 2 is 2.24 bits per heavy atom. The second kappa shape index (κ2) is 4.86. The molecule has 1 aromatic rings. The van der Waals surface area contributed by atoms with Gasteiger partial charge in [0.1, 0.15) is 5.69 Å². The van der Waals surface area contributed by atoms with Crippen molar-refractivity contribution >= 4 is 5.91 Å². The van der Waals surface area contributed by atoms with E-state index >= 15 is 0 Å². The molecule has 1 amide bonds. The zero-order chi connectivity index (χ0) is 12.4. The zero-order valence-corrected chi connectivity index (χ0v) is 10.8. The molecular weight excluding hydrogens is 212 g/mol. The molecule has 0 bridgehead atoms. The Kier molecular flexibility index (Phi) is 3.46. The maximum absolute atomic E-state index is 12.2. The molecule has 0 spiro atoms. The molecule has 3 heteroatoms. The SMILES string of the molecule is CC1CCN(C(=O)c2cccc(C(C)C)n2)C1. The van der Waals surface area contributed by atoms with Gasteiger partial charge in [0.25, 0.3) is 5.91 Å². The van der Waals surface area contributed by atoms with Gasteiger partial charge in [-0.05, 0) is 30.4 Å². The molecule has 2 heterocycles. The molecule has 1 aromatic heterocycles. The van der Waals surface area contributed by atoms with Crippen molar-refractivity contribution in [3.8, 4) is 0 Å². The molecule has 17 heavy (non-hydrogen) atoms. The predicted octanol–water partition coefficient (Wildman–Crippen LogP) is 2.69. The van der Waals surface area contributed by atoms with E-state index in [9.17, 15) is 4.79 Å². The second-order valence-electron chi connectivity index (χ2n) is 5.25. The number of aromatic nitrogens is 1. The summed E-state index contributed by atoms with van der Waals surface area (Å²) in [5, 5.41) is 0. The van der Waals surface area contributed by atoms with Crippen molar-refractivity contribution in [2.24, 2.45) is 5.92 Å². The van der Waals surface area contributed by atoms with Crippen molar-refractivity contribution < 1.29 is 4.79 Å². The van der Waals surface area contributed by atoms with Gasteiger partial charge in [-0.25, -0.2) is 4.98 Å². The van der Waals surface area contributed by atoms with Crippen LogP contribution in [0.15, 0.2) is 18.2 Å². The van der Waals surface area contributed by atoms with E-state index in [2.05, 4.69) is 25.8 Å². The van der Waals surface area contributed by atoms with Crippen LogP contribution in [0.5, 0.6) is 0 Å². The van der Waals surface area contributed by atoms with Crippen LogP contribution in [0.3, 0.4) is 0 Å². The highest BCUT2D eigenvalue weighted by Gasteiger charge is 2.25. The number of hydrogen-bond donors (Lipinski definition) is 0. The van der Waals surface area contributed by atoms with Crippen LogP contribution in [0, 0.1) is 5.92 Å². The summed E-state index contributed by atoms with van der Waals surface area (Å²) in [6.07, 6.45) is 1.11. The number of hydrogen-bond acceptors (Lipinski definition) is 2. The summed E-state index contributed by atoms with van der Waals surface area (Å²) < 4.78 is 0. The molecule has 0 saturated carbocycles. The van der Waals surface area contributed by atoms with Gasteiger partial charge in [-0.1, -0.05) is 26.8 Å². The van der Waals surface area contributed by atoms with Crippen molar-refractivity contribution in [1.29, 1.82) is 0 Å². The maximum Gasteiger partial charge on any atom is 0.272 e. The molecule has 3 nitrogen and oxygen atoms in total. The fraction of sp³-hybridized carbons (Fsp3) is 0.571. The van der Waals surface area contributed by atoms with Crippen molar-refractivity contribution in [3.05, 3.63) is 29.6 Å². The van der Waals surface area contributed by atoms with Crippen LogP contribution in [0.1, 0.15) is 49.3 Å². The van der Waals surface area contributed by atoms with E-state index in [0.29, 0.717) is 17.5 Å². The first-order valence-corrected chi connectivity index (χ1v) is 6.34. The topological polar surface area (TPSA) is 33.2 Å². The van der Waals surface area contributed by atoms with Gasteiger partial charge < -0.3 is 4.90 Å². The lowest BCUT2D eigenvalue weighted by atomic mass is 10.1. The van der Waals surface area contributed by atoms with Crippen LogP contribution >= 0.6 is 0 Å². The first kappa shape index (κ1) is 12.1. The third-order valence-corrected chi connectivity index (χ3v) is 3.29. The third-order valence-electron chi connectivity index (χ3n) is 3.29. The summed E-state index contributed by atoms with van der Waals surface area (Å²) in [6, 6.07) is 5.72. The van der Waals surface area contributed by atoms with Gasteiger partial charge in [0, 0.05) is 18.8 Å². The van der Waals surface area contributed by atoms with E-state index < -0.39 is 0 Å². The normalized spacial score (nSPS) is 20.0. The van der Waals surface area contributed by atoms with E-state index in [4.69, 9.17) is 0 Å². The Labute approximate surface area is 103 Å². The average molecular weight is 232 g/mol. The molecule has 0 radical (unpaired) electrons. The van der Waals surface area contributed by atoms with Crippen molar-refractivity contribution in [2.75, 3.05) is 13.1 Å². The van der Waals surface area contributed by atoms with E-state index in [1.165, 1.54) is 0 Å². The van der Waals surface area contributed by atoms with E-state index in [-0.39, 0.29) is 5.91 Å². The Morgan fingerprint density at radius 1 is 1.47 bits per heavy atom. The van der Waals surface area contributed by atoms with Crippen LogP contribution in [-0.2, 0) is 0 Å². The van der Waals surface area contributed by atoms with Crippen LogP contribution in [0.25, 0.3) is 0 Å². The van der Waals surface area contributed by atoms with Gasteiger partial charge in [-0.3, -0.25) is 4.79 Å². The molecule has 1 aliphatic heterocycles. The molecule has 92 valence electrons. The second-order valence-corrected chi connectivity index (χ2v) is 5.25. The van der Waals surface area contributed by atoms with Crippen molar-refractivity contribution in [3.63, 3.8) is 0 Å². The van der Waals surface area contributed by atoms with Gasteiger partial charge in [0.05, 0.1) is 0 Å². The monoisotopic (exact) mass is 232 g/mol. The van der Waals surface area contributed by atoms with Gasteiger partial charge >= 0.3 is 0 Å². The maximum atomic E-state index is 12.2. The molecular formula is C14H20N2O. The molecule has 0 N–H and O–H groups in total. The average Bonchev–Trinajstić information content (AvgIpc) is 2.75. The highest BCUT2D eigenvalue weighted by Crippen LogP contribution is 2.18. The van der Waals surface area contributed by atoms with Gasteiger partial charge in [-0.15, -0.1) is 0 Å². The number of amides is 1. The molecule has 0 aliphatic carbocycles. The largest absolute Gasteiger partial charge is 0.337 e. The van der Waals surface area contributed by atoms with Crippen LogP contribution in [0.2, 0.25) is 0 Å².